The lowest BCUT2D eigenvalue weighted by atomic mass is 10.1. The molecule has 0 amide bonds. The maximum absolute atomic E-state index is 5.77. The molecule has 0 aliphatic heterocycles. The Bertz CT molecular complexity index is 463. The van der Waals surface area contributed by atoms with E-state index in [0.29, 0.717) is 0 Å². The Morgan fingerprint density at radius 1 is 1.29 bits per heavy atom. The molecule has 2 rings (SSSR count). The summed E-state index contributed by atoms with van der Waals surface area (Å²) in [5.74, 6) is 0.991. The lowest BCUT2D eigenvalue weighted by molar-refractivity contribution is 0.296. The van der Waals surface area contributed by atoms with Gasteiger partial charge in [-0.2, -0.15) is 5.10 Å². The van der Waals surface area contributed by atoms with Gasteiger partial charge in [-0.15, -0.1) is 0 Å². The Hall–Kier alpha value is -1.77. The van der Waals surface area contributed by atoms with E-state index < -0.39 is 0 Å². The highest BCUT2D eigenvalue weighted by molar-refractivity contribution is 5.35. The number of hydrogen-bond acceptors (Lipinski definition) is 2. The number of aromatic nitrogens is 2. The minimum absolute atomic E-state index is 0.726. The number of ether oxygens (including phenoxy) is 1. The molecule has 17 heavy (non-hydrogen) atoms. The van der Waals surface area contributed by atoms with E-state index in [2.05, 4.69) is 37.1 Å². The number of rotatable bonds is 5. The van der Waals surface area contributed by atoms with Gasteiger partial charge in [-0.3, -0.25) is 4.68 Å². The summed E-state index contributed by atoms with van der Waals surface area (Å²) in [5.41, 5.74) is 2.42. The molecule has 0 aliphatic carbocycles. The van der Waals surface area contributed by atoms with Gasteiger partial charge in [0.25, 0.3) is 0 Å². The summed E-state index contributed by atoms with van der Waals surface area (Å²) in [6.07, 6.45) is 4.73. The molecule has 90 valence electrons. The van der Waals surface area contributed by atoms with Crippen molar-refractivity contribution in [2.75, 3.05) is 6.61 Å². The molecule has 0 N–H and O–H groups in total. The van der Waals surface area contributed by atoms with Crippen LogP contribution in [0.3, 0.4) is 0 Å². The third-order valence-corrected chi connectivity index (χ3v) is 2.69. The highest BCUT2D eigenvalue weighted by Gasteiger charge is 1.99. The van der Waals surface area contributed by atoms with Gasteiger partial charge in [-0.05, 0) is 37.1 Å². The third-order valence-electron chi connectivity index (χ3n) is 2.69. The minimum Gasteiger partial charge on any atom is -0.493 e. The van der Waals surface area contributed by atoms with E-state index in [1.54, 1.807) is 6.20 Å². The normalized spacial score (nSPS) is 10.5. The molecule has 2 aromatic rings. The van der Waals surface area contributed by atoms with Crippen LogP contribution >= 0.6 is 0 Å². The first-order valence-electron chi connectivity index (χ1n) is 5.93. The van der Waals surface area contributed by atoms with Crippen molar-refractivity contribution in [2.45, 2.75) is 26.8 Å². The van der Waals surface area contributed by atoms with Gasteiger partial charge in [0.05, 0.1) is 6.61 Å². The van der Waals surface area contributed by atoms with E-state index >= 15 is 0 Å². The van der Waals surface area contributed by atoms with Gasteiger partial charge in [-0.1, -0.05) is 12.1 Å². The van der Waals surface area contributed by atoms with Crippen LogP contribution in [-0.4, -0.2) is 16.4 Å². The third kappa shape index (κ3) is 3.34. The first-order chi connectivity index (χ1) is 8.25. The zero-order valence-corrected chi connectivity index (χ0v) is 10.4. The van der Waals surface area contributed by atoms with Crippen LogP contribution in [0, 0.1) is 13.8 Å². The summed E-state index contributed by atoms with van der Waals surface area (Å²) in [6, 6.07) is 8.22. The first kappa shape index (κ1) is 11.7. The molecule has 1 aromatic carbocycles. The molecule has 0 aliphatic rings. The van der Waals surface area contributed by atoms with Gasteiger partial charge in [0.15, 0.2) is 0 Å². The summed E-state index contributed by atoms with van der Waals surface area (Å²) in [4.78, 5) is 0. The second kappa shape index (κ2) is 5.53. The number of aryl methyl sites for hydroxylation is 3. The van der Waals surface area contributed by atoms with Gasteiger partial charge >= 0.3 is 0 Å². The van der Waals surface area contributed by atoms with Crippen molar-refractivity contribution in [1.82, 2.24) is 9.78 Å². The lowest BCUT2D eigenvalue weighted by Gasteiger charge is -2.09. The summed E-state index contributed by atoms with van der Waals surface area (Å²) in [5, 5.41) is 4.15. The fraction of sp³-hybridized carbons (Fsp3) is 0.357. The van der Waals surface area contributed by atoms with Crippen molar-refractivity contribution in [3.05, 3.63) is 47.8 Å². The monoisotopic (exact) mass is 230 g/mol. The number of hydrogen-bond donors (Lipinski definition) is 0. The van der Waals surface area contributed by atoms with Gasteiger partial charge in [-0.25, -0.2) is 0 Å². The molecule has 3 heteroatoms. The maximum atomic E-state index is 5.77. The highest BCUT2D eigenvalue weighted by atomic mass is 16.5. The van der Waals surface area contributed by atoms with Crippen molar-refractivity contribution in [3.8, 4) is 5.75 Å². The van der Waals surface area contributed by atoms with E-state index in [1.807, 2.05) is 16.9 Å². The molecule has 1 heterocycles. The molecule has 0 radical (unpaired) electrons. The summed E-state index contributed by atoms with van der Waals surface area (Å²) >= 11 is 0. The van der Waals surface area contributed by atoms with Gasteiger partial charge in [0.2, 0.25) is 0 Å². The van der Waals surface area contributed by atoms with Crippen molar-refractivity contribution in [3.63, 3.8) is 0 Å². The van der Waals surface area contributed by atoms with Crippen LogP contribution in [-0.2, 0) is 6.54 Å². The molecule has 0 atom stereocenters. The molecular weight excluding hydrogens is 212 g/mol. The van der Waals surface area contributed by atoms with Gasteiger partial charge in [0.1, 0.15) is 5.75 Å². The highest BCUT2D eigenvalue weighted by Crippen LogP contribution is 2.19. The van der Waals surface area contributed by atoms with E-state index in [4.69, 9.17) is 4.74 Å². The smallest absolute Gasteiger partial charge is 0.122 e. The maximum Gasteiger partial charge on any atom is 0.122 e. The van der Waals surface area contributed by atoms with Crippen LogP contribution in [0.4, 0.5) is 0 Å². The largest absolute Gasteiger partial charge is 0.493 e. The Kier molecular flexibility index (Phi) is 3.81. The molecular formula is C14H18N2O. The number of benzene rings is 1. The zero-order valence-electron chi connectivity index (χ0n) is 10.4. The van der Waals surface area contributed by atoms with E-state index in [-0.39, 0.29) is 0 Å². The fourth-order valence-corrected chi connectivity index (χ4v) is 1.70. The topological polar surface area (TPSA) is 27.1 Å². The van der Waals surface area contributed by atoms with Crippen LogP contribution in [0.5, 0.6) is 5.75 Å². The summed E-state index contributed by atoms with van der Waals surface area (Å²) < 4.78 is 7.70. The molecule has 0 unspecified atom stereocenters. The number of nitrogens with zero attached hydrogens (tertiary/aromatic N) is 2. The van der Waals surface area contributed by atoms with Crippen molar-refractivity contribution < 1.29 is 4.74 Å². The van der Waals surface area contributed by atoms with Crippen LogP contribution in [0.2, 0.25) is 0 Å². The molecule has 0 bridgehead atoms. The van der Waals surface area contributed by atoms with Gasteiger partial charge in [0, 0.05) is 25.4 Å². The molecule has 0 saturated carbocycles. The molecule has 0 spiro atoms. The lowest BCUT2D eigenvalue weighted by Crippen LogP contribution is -2.05. The average Bonchev–Trinajstić information content (AvgIpc) is 2.82. The predicted octanol–water partition coefficient (Wildman–Crippen LogP) is 2.97. The Morgan fingerprint density at radius 2 is 2.18 bits per heavy atom. The van der Waals surface area contributed by atoms with Crippen LogP contribution in [0.15, 0.2) is 36.7 Å². The average molecular weight is 230 g/mol. The van der Waals surface area contributed by atoms with Crippen molar-refractivity contribution in [1.29, 1.82) is 0 Å². The first-order valence-corrected chi connectivity index (χ1v) is 5.93. The van der Waals surface area contributed by atoms with Gasteiger partial charge < -0.3 is 4.74 Å². The zero-order chi connectivity index (χ0) is 12.1. The Labute approximate surface area is 102 Å². The van der Waals surface area contributed by atoms with Crippen molar-refractivity contribution in [2.24, 2.45) is 0 Å². The second-order valence-corrected chi connectivity index (χ2v) is 4.24. The minimum atomic E-state index is 0.726. The van der Waals surface area contributed by atoms with E-state index in [1.165, 1.54) is 11.1 Å². The Morgan fingerprint density at radius 3 is 2.94 bits per heavy atom. The fourth-order valence-electron chi connectivity index (χ4n) is 1.70. The quantitative estimate of drug-likeness (QED) is 0.738. The van der Waals surface area contributed by atoms with E-state index in [9.17, 15) is 0 Å². The standard InChI is InChI=1S/C14H18N2O/c1-12-5-6-13(2)14(11-12)17-10-4-9-16-8-3-7-15-16/h3,5-8,11H,4,9-10H2,1-2H3. The SMILES string of the molecule is Cc1ccc(C)c(OCCCn2cccn2)c1. The van der Waals surface area contributed by atoms with Crippen molar-refractivity contribution >= 4 is 0 Å². The van der Waals surface area contributed by atoms with Crippen LogP contribution in [0.25, 0.3) is 0 Å². The second-order valence-electron chi connectivity index (χ2n) is 4.24. The van der Waals surface area contributed by atoms with E-state index in [0.717, 1.165) is 25.3 Å². The summed E-state index contributed by atoms with van der Waals surface area (Å²) in [6.45, 7) is 5.78. The van der Waals surface area contributed by atoms with Crippen LogP contribution < -0.4 is 4.74 Å². The summed E-state index contributed by atoms with van der Waals surface area (Å²) in [7, 11) is 0. The molecule has 3 nitrogen and oxygen atoms in total. The predicted molar refractivity (Wildman–Crippen MR) is 68.3 cm³/mol. The molecule has 0 fully saturated rings. The van der Waals surface area contributed by atoms with Crippen LogP contribution in [0.1, 0.15) is 17.5 Å². The molecule has 0 saturated heterocycles. The molecule has 1 aromatic heterocycles. The Balaban J connectivity index is 1.80.